The molecule has 84 heavy (non-hydrogen) atoms. The number of hydrogen-bond acceptors (Lipinski definition) is 22. The lowest BCUT2D eigenvalue weighted by molar-refractivity contribution is -0.123. The summed E-state index contributed by atoms with van der Waals surface area (Å²) >= 11 is 0. The summed E-state index contributed by atoms with van der Waals surface area (Å²) in [7, 11) is 0. The van der Waals surface area contributed by atoms with E-state index in [9.17, 15) is 32.8 Å². The number of aromatic nitrogens is 8. The van der Waals surface area contributed by atoms with E-state index >= 15 is 0 Å². The molecule has 3 aliphatic carbocycles. The van der Waals surface area contributed by atoms with Crippen LogP contribution in [0, 0.1) is 23.5 Å². The van der Waals surface area contributed by atoms with E-state index in [-0.39, 0.29) is 127 Å². The summed E-state index contributed by atoms with van der Waals surface area (Å²) in [6, 6.07) is 6.79. The summed E-state index contributed by atoms with van der Waals surface area (Å²) in [5.74, 6) is 1.29. The largest absolute Gasteiger partial charge is 0.492 e. The van der Waals surface area contributed by atoms with Crippen molar-refractivity contribution in [1.29, 1.82) is 0 Å². The summed E-state index contributed by atoms with van der Waals surface area (Å²) in [5.41, 5.74) is 3.31. The zero-order chi connectivity index (χ0) is 59.1. The Morgan fingerprint density at radius 1 is 0.726 bits per heavy atom. The number of fused-ring (bicyclic) bond motifs is 4. The van der Waals surface area contributed by atoms with Crippen molar-refractivity contribution < 1.29 is 81.0 Å². The SMILES string of the molecule is O=C1COc2ncc(N3CC(CCNCC4Cc5cc(OCC(=O)NC6CC6)cc(F)c5C4)OC3=O)nc2N1.O=C1COc2ncc(N3CC(CCNCC4Cc5cc(OCCn6cnnn6)cc(F)c5C4)OC3=O)nc2N1.O=CO.O=CO. The molecule has 3 aromatic heterocycles. The fourth-order valence-electron chi connectivity index (χ4n) is 9.97. The van der Waals surface area contributed by atoms with Gasteiger partial charge in [0.2, 0.25) is 0 Å². The number of amides is 5. The Hall–Kier alpha value is -9.46. The van der Waals surface area contributed by atoms with Gasteiger partial charge in [0.25, 0.3) is 42.4 Å². The van der Waals surface area contributed by atoms with Gasteiger partial charge in [-0.15, -0.1) is 5.10 Å². The molecule has 5 aromatic rings. The number of nitrogens with zero attached hydrogens (tertiary/aromatic N) is 10. The molecule has 3 fully saturated rings. The number of halogens is 2. The van der Waals surface area contributed by atoms with Crippen LogP contribution >= 0.6 is 0 Å². The van der Waals surface area contributed by atoms with Crippen LogP contribution in [0.15, 0.2) is 43.0 Å². The number of rotatable bonds is 20. The van der Waals surface area contributed by atoms with Gasteiger partial charge < -0.3 is 65.2 Å². The minimum Gasteiger partial charge on any atom is -0.492 e. The van der Waals surface area contributed by atoms with Crippen molar-refractivity contribution in [3.8, 4) is 23.3 Å². The molecule has 4 aliphatic heterocycles. The number of anilines is 4. The molecule has 446 valence electrons. The fraction of sp³-hybridized carbons (Fsp3) is 0.462. The van der Waals surface area contributed by atoms with Gasteiger partial charge in [0, 0.05) is 18.2 Å². The van der Waals surface area contributed by atoms with E-state index in [1.54, 1.807) is 4.68 Å². The second kappa shape index (κ2) is 28.0. The van der Waals surface area contributed by atoms with Crippen LogP contribution < -0.4 is 55.3 Å². The first-order valence-corrected chi connectivity index (χ1v) is 26.8. The molecule has 12 rings (SSSR count). The summed E-state index contributed by atoms with van der Waals surface area (Å²) < 4.78 is 63.6. The monoisotopic (exact) mass is 1170 g/mol. The van der Waals surface area contributed by atoms with Crippen molar-refractivity contribution in [3.63, 3.8) is 0 Å². The molecule has 2 aromatic carbocycles. The molecule has 0 radical (unpaired) electrons. The van der Waals surface area contributed by atoms with Crippen LogP contribution in [0.3, 0.4) is 0 Å². The van der Waals surface area contributed by atoms with Gasteiger partial charge in [-0.05, 0) is 134 Å². The lowest BCUT2D eigenvalue weighted by Gasteiger charge is -2.18. The molecule has 7 aliphatic rings. The van der Waals surface area contributed by atoms with Crippen molar-refractivity contribution >= 4 is 66.1 Å². The average Bonchev–Trinajstić information content (AvgIpc) is 4.18. The molecule has 1 saturated carbocycles. The van der Waals surface area contributed by atoms with Crippen molar-refractivity contribution in [2.24, 2.45) is 11.8 Å². The van der Waals surface area contributed by atoms with Crippen molar-refractivity contribution in [3.05, 3.63) is 76.9 Å². The first-order valence-electron chi connectivity index (χ1n) is 26.8. The van der Waals surface area contributed by atoms with E-state index in [4.69, 9.17) is 48.2 Å². The van der Waals surface area contributed by atoms with E-state index in [0.29, 0.717) is 102 Å². The highest BCUT2D eigenvalue weighted by atomic mass is 19.1. The number of hydrogen-bond donors (Lipinski definition) is 7. The highest BCUT2D eigenvalue weighted by Crippen LogP contribution is 2.35. The zero-order valence-electron chi connectivity index (χ0n) is 44.9. The number of carbonyl (C=O) groups is 7. The molecule has 4 atom stereocenters. The molecule has 0 bridgehead atoms. The normalized spacial score (nSPS) is 19.5. The predicted octanol–water partition coefficient (Wildman–Crippen LogP) is 1.46. The van der Waals surface area contributed by atoms with Gasteiger partial charge in [0.15, 0.2) is 43.1 Å². The maximum absolute atomic E-state index is 14.7. The maximum Gasteiger partial charge on any atom is 0.415 e. The summed E-state index contributed by atoms with van der Waals surface area (Å²) in [6.45, 7) is 3.22. The summed E-state index contributed by atoms with van der Waals surface area (Å²) in [5, 5.41) is 39.5. The van der Waals surface area contributed by atoms with Crippen LogP contribution in [0.2, 0.25) is 0 Å². The van der Waals surface area contributed by atoms with Crippen molar-refractivity contribution in [2.75, 3.05) is 86.1 Å². The van der Waals surface area contributed by atoms with Crippen LogP contribution in [0.5, 0.6) is 23.3 Å². The summed E-state index contributed by atoms with van der Waals surface area (Å²) in [4.78, 5) is 96.1. The van der Waals surface area contributed by atoms with E-state index in [1.807, 2.05) is 12.1 Å². The Balaban J connectivity index is 0.000000184. The van der Waals surface area contributed by atoms with Crippen LogP contribution in [-0.2, 0) is 65.7 Å². The Labute approximate surface area is 476 Å². The molecule has 7 N–H and O–H groups in total. The smallest absolute Gasteiger partial charge is 0.415 e. The molecule has 0 spiro atoms. The number of carboxylic acid groups (broad SMARTS) is 2. The summed E-state index contributed by atoms with van der Waals surface area (Å²) in [6.07, 6.45) is 8.59. The van der Waals surface area contributed by atoms with E-state index in [2.05, 4.69) is 62.0 Å². The number of carbonyl (C=O) groups excluding carboxylic acids is 5. The highest BCUT2D eigenvalue weighted by molar-refractivity contribution is 5.95. The maximum atomic E-state index is 14.7. The third-order valence-corrected chi connectivity index (χ3v) is 13.9. The Kier molecular flexibility index (Phi) is 19.7. The van der Waals surface area contributed by atoms with Gasteiger partial charge in [-0.1, -0.05) is 0 Å². The van der Waals surface area contributed by atoms with E-state index in [1.165, 1.54) is 40.7 Å². The molecule has 7 heterocycles. The van der Waals surface area contributed by atoms with Gasteiger partial charge >= 0.3 is 12.2 Å². The van der Waals surface area contributed by atoms with Crippen LogP contribution in [0.4, 0.5) is 41.6 Å². The molecule has 2 saturated heterocycles. The molecular weight excluding hydrogens is 1110 g/mol. The Bertz CT molecular complexity index is 3190. The lowest BCUT2D eigenvalue weighted by atomic mass is 10.1. The van der Waals surface area contributed by atoms with Crippen molar-refractivity contribution in [2.45, 2.75) is 76.2 Å². The lowest BCUT2D eigenvalue weighted by Crippen LogP contribution is -2.30. The fourth-order valence-corrected chi connectivity index (χ4v) is 9.97. The number of tetrazole rings is 1. The zero-order valence-corrected chi connectivity index (χ0v) is 44.9. The van der Waals surface area contributed by atoms with E-state index in [0.717, 1.165) is 36.0 Å². The predicted molar refractivity (Wildman–Crippen MR) is 284 cm³/mol. The minimum atomic E-state index is -0.526. The van der Waals surface area contributed by atoms with Crippen LogP contribution in [-0.4, -0.2) is 177 Å². The molecule has 30 nitrogen and oxygen atoms in total. The number of benzene rings is 2. The number of cyclic esters (lactones) is 2. The van der Waals surface area contributed by atoms with Crippen LogP contribution in [0.1, 0.15) is 47.9 Å². The highest BCUT2D eigenvalue weighted by Gasteiger charge is 2.36. The number of ether oxygens (including phenoxy) is 6. The topological polar surface area (TPSA) is 377 Å². The molecular formula is C52H59F2N15O15. The quantitative estimate of drug-likeness (QED) is 0.0428. The Morgan fingerprint density at radius 2 is 1.23 bits per heavy atom. The first-order chi connectivity index (χ1) is 40.7. The average molecular weight is 1170 g/mol. The molecule has 32 heteroatoms. The second-order valence-corrected chi connectivity index (χ2v) is 20.1. The minimum absolute atomic E-state index is 0.118. The molecule has 5 amide bonds. The first kappa shape index (κ1) is 59.2. The van der Waals surface area contributed by atoms with E-state index < -0.39 is 12.2 Å². The van der Waals surface area contributed by atoms with Gasteiger partial charge in [0.05, 0.1) is 32.0 Å². The number of nitrogens with one attached hydrogen (secondary N) is 5. The van der Waals surface area contributed by atoms with Crippen molar-refractivity contribution in [1.82, 2.24) is 56.1 Å². The Morgan fingerprint density at radius 3 is 1.70 bits per heavy atom. The second-order valence-electron chi connectivity index (χ2n) is 20.1. The van der Waals surface area contributed by atoms with Crippen LogP contribution in [0.25, 0.3) is 0 Å². The third-order valence-electron chi connectivity index (χ3n) is 13.9. The standard InChI is InChI=1S/C26H29FN6O6.C24H26FN9O5.2CH2O2/c27-20-8-18(37-12-22(34)30-16-1-2-16)7-15-5-14(6-19(15)20)9-28-4-3-17-11-33(26(36)39-17)21-10-29-25-24(31-21)32-23(35)13-38-25;25-19-8-17(37-4-3-33-13-28-31-32-33)7-15-5-14(6-18(15)19)9-26-2-1-16-11-34(24(36)39-16)20-10-27-23-22(29-20)30-21(35)12-38-23;2*2-1-3/h7-8,10,14,16-17,28H,1-6,9,11-13H2,(H,30,34)(H,31,32,35);7-8,10,13-14,16,26H,1-6,9,11-12H2,(H,29,30,35);2*1H,(H,2,3). The van der Waals surface area contributed by atoms with Gasteiger partial charge in [0.1, 0.15) is 48.3 Å². The molecule has 4 unspecified atom stereocenters. The third kappa shape index (κ3) is 15.7. The van der Waals surface area contributed by atoms with Gasteiger partial charge in [-0.2, -0.15) is 0 Å². The van der Waals surface area contributed by atoms with Gasteiger partial charge in [-0.3, -0.25) is 33.8 Å². The van der Waals surface area contributed by atoms with Gasteiger partial charge in [-0.25, -0.2) is 43.0 Å².